The molecule has 0 aromatic carbocycles. The van der Waals surface area contributed by atoms with E-state index < -0.39 is 65.8 Å². The molecule has 1 saturated heterocycles. The van der Waals surface area contributed by atoms with Crippen LogP contribution in [-0.4, -0.2) is 106 Å². The maximum atomic E-state index is 13.9. The van der Waals surface area contributed by atoms with Crippen LogP contribution < -0.4 is 0 Å². The summed E-state index contributed by atoms with van der Waals surface area (Å²) in [5.41, 5.74) is -0.00707. The first-order chi connectivity index (χ1) is 24.2. The molecule has 5 rings (SSSR count). The lowest BCUT2D eigenvalue weighted by atomic mass is 9.40. The highest BCUT2D eigenvalue weighted by Crippen LogP contribution is 2.73. The Labute approximate surface area is 307 Å². The van der Waals surface area contributed by atoms with Crippen molar-refractivity contribution in [3.8, 4) is 0 Å². The maximum Gasteiger partial charge on any atom is 0.302 e. The van der Waals surface area contributed by atoms with E-state index in [2.05, 4.69) is 26.8 Å². The first-order valence-corrected chi connectivity index (χ1v) is 19.0. The van der Waals surface area contributed by atoms with Crippen molar-refractivity contribution in [2.45, 2.75) is 143 Å². The molecule has 1 heterocycles. The summed E-state index contributed by atoms with van der Waals surface area (Å²) in [5, 5.41) is 52.0. The van der Waals surface area contributed by atoms with Gasteiger partial charge in [-0.15, -0.1) is 0 Å². The van der Waals surface area contributed by atoms with E-state index in [-0.39, 0.29) is 60.0 Å². The van der Waals surface area contributed by atoms with E-state index in [0.29, 0.717) is 32.1 Å². The van der Waals surface area contributed by atoms with Gasteiger partial charge in [-0.2, -0.15) is 0 Å². The number of carbonyl (C=O) groups excluding carboxylic acids is 3. The number of aliphatic hydroxyl groups is 5. The van der Waals surface area contributed by atoms with Crippen LogP contribution in [-0.2, 0) is 33.3 Å². The van der Waals surface area contributed by atoms with Crippen LogP contribution in [0.25, 0.3) is 0 Å². The van der Waals surface area contributed by atoms with Crippen LogP contribution in [0.5, 0.6) is 0 Å². The van der Waals surface area contributed by atoms with Gasteiger partial charge in [0.15, 0.2) is 6.29 Å². The Kier molecular flexibility index (Phi) is 11.9. The number of aliphatic hydroxyl groups excluding tert-OH is 5. The number of hydrogen-bond donors (Lipinski definition) is 5. The average molecular weight is 735 g/mol. The molecule has 52 heavy (non-hydrogen) atoms. The van der Waals surface area contributed by atoms with Gasteiger partial charge >= 0.3 is 11.9 Å². The Balaban J connectivity index is 1.50. The lowest BCUT2D eigenvalue weighted by Gasteiger charge is -2.65. The van der Waals surface area contributed by atoms with Crippen LogP contribution in [0.3, 0.4) is 0 Å². The second-order valence-electron chi connectivity index (χ2n) is 17.6. The topological polar surface area (TPSA) is 189 Å². The summed E-state index contributed by atoms with van der Waals surface area (Å²) < 4.78 is 23.6. The summed E-state index contributed by atoms with van der Waals surface area (Å²) in [6.45, 7) is 14.8. The van der Waals surface area contributed by atoms with Gasteiger partial charge in [-0.25, -0.2) is 0 Å². The zero-order valence-electron chi connectivity index (χ0n) is 32.2. The molecule has 0 amide bonds. The maximum absolute atomic E-state index is 13.9. The van der Waals surface area contributed by atoms with E-state index in [1.807, 2.05) is 26.8 Å². The van der Waals surface area contributed by atoms with Crippen molar-refractivity contribution in [3.63, 3.8) is 0 Å². The molecule has 0 aromatic rings. The van der Waals surface area contributed by atoms with Crippen molar-refractivity contribution >= 4 is 17.7 Å². The first kappa shape index (κ1) is 41.0. The molecule has 15 unspecified atom stereocenters. The lowest BCUT2D eigenvalue weighted by Crippen LogP contribution is -2.63. The third kappa shape index (κ3) is 6.95. The summed E-state index contributed by atoms with van der Waals surface area (Å²) in [6.07, 6.45) is -0.113. The molecule has 1 aliphatic heterocycles. The van der Waals surface area contributed by atoms with Crippen LogP contribution in [0, 0.1) is 45.3 Å². The van der Waals surface area contributed by atoms with Crippen LogP contribution in [0.1, 0.15) is 100 Å². The van der Waals surface area contributed by atoms with Crippen molar-refractivity contribution in [2.75, 3.05) is 19.8 Å². The number of ether oxygens (including phenoxy) is 4. The van der Waals surface area contributed by atoms with Crippen LogP contribution in [0.4, 0.5) is 0 Å². The standard InChI is InChI=1S/C40H62O12/c1-21(2)15-25(44)16-24(19-49-22(3)42)26-11-14-39(7)27-9-10-30-37(5,28(27)17-32(40(26,39)8)51-23(4)43)13-12-31(45)38(30,6)20-50-36-35(48)34(47)33(46)29(18-41)52-36/h9,15,24-26,28-30,32-36,41,44,46-48H,10-14,16-20H2,1-8H3. The molecule has 0 spiro atoms. The predicted octanol–water partition coefficient (Wildman–Crippen LogP) is 3.40. The fourth-order valence-corrected chi connectivity index (χ4v) is 11.5. The Hall–Kier alpha value is -2.19. The Morgan fingerprint density at radius 2 is 1.71 bits per heavy atom. The van der Waals surface area contributed by atoms with Crippen molar-refractivity contribution in [1.29, 1.82) is 0 Å². The fraction of sp³-hybridized carbons (Fsp3) is 0.825. The average Bonchev–Trinajstić information content (AvgIpc) is 3.35. The molecule has 4 aliphatic carbocycles. The smallest absolute Gasteiger partial charge is 0.302 e. The van der Waals surface area contributed by atoms with Crippen molar-refractivity contribution in [1.82, 2.24) is 0 Å². The summed E-state index contributed by atoms with van der Waals surface area (Å²) in [6, 6.07) is 0. The Bertz CT molecular complexity index is 1420. The van der Waals surface area contributed by atoms with Crippen LogP contribution >= 0.6 is 0 Å². The number of esters is 2. The SMILES string of the molecule is CC(=O)OCC(CC(O)C=C(C)C)C1CCC2(C)C3=CCC4C(C)(COC5OC(CO)C(O)C(O)C5O)C(=O)CCC4(C)C3CC(OC(C)=O)C12C. The normalized spacial score (nSPS) is 44.0. The summed E-state index contributed by atoms with van der Waals surface area (Å²) >= 11 is 0. The van der Waals surface area contributed by atoms with Gasteiger partial charge in [0, 0.05) is 25.7 Å². The molecule has 0 radical (unpaired) electrons. The fourth-order valence-electron chi connectivity index (χ4n) is 11.5. The number of ketones is 1. The van der Waals surface area contributed by atoms with E-state index in [4.69, 9.17) is 18.9 Å². The zero-order chi connectivity index (χ0) is 38.6. The number of rotatable bonds is 11. The van der Waals surface area contributed by atoms with Crippen molar-refractivity contribution < 1.29 is 58.9 Å². The zero-order valence-corrected chi connectivity index (χ0v) is 32.2. The van der Waals surface area contributed by atoms with E-state index in [1.165, 1.54) is 19.4 Å². The van der Waals surface area contributed by atoms with Crippen LogP contribution in [0.15, 0.2) is 23.3 Å². The minimum atomic E-state index is -1.59. The number of fused-ring (bicyclic) bond motifs is 5. The molecule has 3 saturated carbocycles. The molecule has 294 valence electrons. The summed E-state index contributed by atoms with van der Waals surface area (Å²) in [4.78, 5) is 38.8. The summed E-state index contributed by atoms with van der Waals surface area (Å²) in [5.74, 6) is -1.12. The van der Waals surface area contributed by atoms with Crippen LogP contribution in [0.2, 0.25) is 0 Å². The molecule has 5 aliphatic rings. The number of Topliss-reactive ketones (excluding diaryl/α,β-unsaturated/α-hetero) is 1. The van der Waals surface area contributed by atoms with Gasteiger partial charge < -0.3 is 44.5 Å². The second kappa shape index (κ2) is 15.2. The molecule has 5 N–H and O–H groups in total. The van der Waals surface area contributed by atoms with Crippen molar-refractivity contribution in [3.05, 3.63) is 23.3 Å². The largest absolute Gasteiger partial charge is 0.466 e. The predicted molar refractivity (Wildman–Crippen MR) is 189 cm³/mol. The molecule has 4 fully saturated rings. The lowest BCUT2D eigenvalue weighted by molar-refractivity contribution is -0.307. The number of allylic oxidation sites excluding steroid dienone is 3. The third-order valence-electron chi connectivity index (χ3n) is 14.4. The molecular formula is C40H62O12. The van der Waals surface area contributed by atoms with Gasteiger partial charge in [0.1, 0.15) is 36.3 Å². The third-order valence-corrected chi connectivity index (χ3v) is 14.4. The van der Waals surface area contributed by atoms with Gasteiger partial charge in [-0.3, -0.25) is 14.4 Å². The molecule has 0 bridgehead atoms. The van der Waals surface area contributed by atoms with Gasteiger partial charge in [0.25, 0.3) is 0 Å². The van der Waals surface area contributed by atoms with Gasteiger partial charge in [0.05, 0.1) is 31.3 Å². The van der Waals surface area contributed by atoms with E-state index >= 15 is 0 Å². The van der Waals surface area contributed by atoms with Crippen molar-refractivity contribution in [2.24, 2.45) is 45.3 Å². The Morgan fingerprint density at radius 1 is 1.02 bits per heavy atom. The highest BCUT2D eigenvalue weighted by molar-refractivity contribution is 5.86. The molecule has 15 atom stereocenters. The van der Waals surface area contributed by atoms with E-state index in [0.717, 1.165) is 18.4 Å². The quantitative estimate of drug-likeness (QED) is 0.154. The number of carbonyl (C=O) groups is 3. The second-order valence-corrected chi connectivity index (χ2v) is 17.6. The van der Waals surface area contributed by atoms with E-state index in [9.17, 15) is 39.9 Å². The van der Waals surface area contributed by atoms with Gasteiger partial charge in [-0.05, 0) is 86.9 Å². The highest BCUT2D eigenvalue weighted by atomic mass is 16.7. The van der Waals surface area contributed by atoms with E-state index in [1.54, 1.807) is 0 Å². The monoisotopic (exact) mass is 734 g/mol. The first-order valence-electron chi connectivity index (χ1n) is 19.0. The minimum Gasteiger partial charge on any atom is -0.466 e. The van der Waals surface area contributed by atoms with Gasteiger partial charge in [-0.1, -0.05) is 51.0 Å². The highest BCUT2D eigenvalue weighted by Gasteiger charge is 2.70. The summed E-state index contributed by atoms with van der Waals surface area (Å²) in [7, 11) is 0. The molecular weight excluding hydrogens is 672 g/mol. The van der Waals surface area contributed by atoms with Gasteiger partial charge in [0.2, 0.25) is 0 Å². The number of hydrogen-bond acceptors (Lipinski definition) is 12. The minimum absolute atomic E-state index is 0.0182. The molecule has 0 aromatic heterocycles. The molecule has 12 nitrogen and oxygen atoms in total. The molecule has 12 heteroatoms. The Morgan fingerprint density at radius 3 is 2.33 bits per heavy atom.